The van der Waals surface area contributed by atoms with Crippen LogP contribution in [0.25, 0.3) is 0 Å². The summed E-state index contributed by atoms with van der Waals surface area (Å²) in [7, 11) is 0. The fourth-order valence-electron chi connectivity index (χ4n) is 1.50. The van der Waals surface area contributed by atoms with Gasteiger partial charge >= 0.3 is 5.69 Å². The fraction of sp³-hybridized carbons (Fsp3) is 0.400. The molecule has 0 aromatic heterocycles. The molecule has 0 saturated heterocycles. The molecule has 0 aliphatic carbocycles. The minimum Gasteiger partial charge on any atom is -0.393 e. The van der Waals surface area contributed by atoms with Gasteiger partial charge in [0.1, 0.15) is 5.69 Å². The van der Waals surface area contributed by atoms with Gasteiger partial charge in [-0.25, -0.2) is 0 Å². The van der Waals surface area contributed by atoms with Crippen LogP contribution in [0.3, 0.4) is 0 Å². The van der Waals surface area contributed by atoms with Crippen LogP contribution in [0.15, 0.2) is 10.5 Å². The lowest BCUT2D eigenvalue weighted by Crippen LogP contribution is -2.20. The van der Waals surface area contributed by atoms with Crippen molar-refractivity contribution in [3.05, 3.63) is 32.0 Å². The number of hydrogen-bond acceptors (Lipinski definition) is 4. The maximum Gasteiger partial charge on any atom is 0.327 e. The van der Waals surface area contributed by atoms with E-state index in [9.17, 15) is 14.5 Å². The molecule has 5 nitrogen and oxygen atoms in total. The Morgan fingerprint density at radius 1 is 1.53 bits per heavy atom. The van der Waals surface area contributed by atoms with E-state index < -0.39 is 22.5 Å². The highest BCUT2D eigenvalue weighted by atomic mass is 79.9. The molecule has 0 aliphatic heterocycles. The minimum atomic E-state index is -0.973. The van der Waals surface area contributed by atoms with Gasteiger partial charge in [0, 0.05) is 16.1 Å². The van der Waals surface area contributed by atoms with Gasteiger partial charge in [-0.2, -0.15) is 4.39 Å². The van der Waals surface area contributed by atoms with Crippen molar-refractivity contribution in [3.8, 4) is 0 Å². The summed E-state index contributed by atoms with van der Waals surface area (Å²) < 4.78 is 13.8. The molecule has 0 fully saturated rings. The molecule has 1 unspecified atom stereocenters. The standard InChI is InChI=1S/C10H13BrFN3O2/c1-4(2)8(13)7-5(11)3-6(12)10(9(7)14)15(16)17/h3-4,8H,13-14H2,1-2H3. The Kier molecular flexibility index (Phi) is 4.05. The van der Waals surface area contributed by atoms with Crippen LogP contribution in [-0.2, 0) is 0 Å². The van der Waals surface area contributed by atoms with Gasteiger partial charge in [0.05, 0.1) is 4.92 Å². The lowest BCUT2D eigenvalue weighted by molar-refractivity contribution is -0.386. The van der Waals surface area contributed by atoms with Crippen molar-refractivity contribution in [2.75, 3.05) is 5.73 Å². The minimum absolute atomic E-state index is 0.0265. The average Bonchev–Trinajstić information content (AvgIpc) is 2.15. The number of hydrogen-bond donors (Lipinski definition) is 2. The molecule has 7 heteroatoms. The molecule has 94 valence electrons. The maximum atomic E-state index is 13.4. The molecule has 17 heavy (non-hydrogen) atoms. The topological polar surface area (TPSA) is 95.2 Å². The number of nitrogens with two attached hydrogens (primary N) is 2. The highest BCUT2D eigenvalue weighted by molar-refractivity contribution is 9.10. The van der Waals surface area contributed by atoms with E-state index in [2.05, 4.69) is 15.9 Å². The van der Waals surface area contributed by atoms with Crippen molar-refractivity contribution in [2.45, 2.75) is 19.9 Å². The van der Waals surface area contributed by atoms with E-state index in [1.165, 1.54) is 0 Å². The van der Waals surface area contributed by atoms with Crippen LogP contribution in [0.5, 0.6) is 0 Å². The number of nitrogens with zero attached hydrogens (tertiary/aromatic N) is 1. The number of nitro benzene ring substituents is 1. The lowest BCUT2D eigenvalue weighted by Gasteiger charge is -2.19. The first-order valence-electron chi connectivity index (χ1n) is 4.94. The number of nitrogen functional groups attached to an aromatic ring is 1. The number of halogens is 2. The predicted octanol–water partition coefficient (Wildman–Crippen LogP) is 2.73. The summed E-state index contributed by atoms with van der Waals surface area (Å²) in [5.74, 6) is -0.947. The van der Waals surface area contributed by atoms with E-state index in [1.807, 2.05) is 13.8 Å². The van der Waals surface area contributed by atoms with Gasteiger partial charge in [-0.05, 0) is 12.0 Å². The first kappa shape index (κ1) is 13.9. The van der Waals surface area contributed by atoms with Gasteiger partial charge < -0.3 is 11.5 Å². The number of anilines is 1. The van der Waals surface area contributed by atoms with Gasteiger partial charge in [-0.1, -0.05) is 29.8 Å². The van der Waals surface area contributed by atoms with Crippen molar-refractivity contribution < 1.29 is 9.31 Å². The van der Waals surface area contributed by atoms with Crippen LogP contribution in [0.2, 0.25) is 0 Å². The Morgan fingerprint density at radius 3 is 2.47 bits per heavy atom. The molecule has 1 aromatic rings. The van der Waals surface area contributed by atoms with Crippen molar-refractivity contribution in [1.29, 1.82) is 0 Å². The summed E-state index contributed by atoms with van der Waals surface area (Å²) in [6.07, 6.45) is 0. The lowest BCUT2D eigenvalue weighted by atomic mass is 9.95. The number of rotatable bonds is 3. The van der Waals surface area contributed by atoms with E-state index in [0.717, 1.165) is 6.07 Å². The van der Waals surface area contributed by atoms with Crippen molar-refractivity contribution in [1.82, 2.24) is 0 Å². The SMILES string of the molecule is CC(C)C(N)c1c(Br)cc(F)c([N+](=O)[O-])c1N. The monoisotopic (exact) mass is 305 g/mol. The Hall–Kier alpha value is -1.21. The van der Waals surface area contributed by atoms with Gasteiger partial charge in [0.2, 0.25) is 5.82 Å². The van der Waals surface area contributed by atoms with Crippen molar-refractivity contribution in [2.24, 2.45) is 11.7 Å². The third kappa shape index (κ3) is 2.55. The van der Waals surface area contributed by atoms with Crippen LogP contribution in [-0.4, -0.2) is 4.92 Å². The van der Waals surface area contributed by atoms with Gasteiger partial charge in [-0.3, -0.25) is 10.1 Å². The van der Waals surface area contributed by atoms with Crippen LogP contribution < -0.4 is 11.5 Å². The summed E-state index contributed by atoms with van der Waals surface area (Å²) in [6.45, 7) is 3.71. The maximum absolute atomic E-state index is 13.4. The smallest absolute Gasteiger partial charge is 0.327 e. The van der Waals surface area contributed by atoms with Crippen molar-refractivity contribution >= 4 is 27.3 Å². The van der Waals surface area contributed by atoms with E-state index in [4.69, 9.17) is 11.5 Å². The first-order chi connectivity index (χ1) is 7.77. The molecule has 0 heterocycles. The zero-order valence-corrected chi connectivity index (χ0v) is 11.0. The Bertz CT molecular complexity index is 465. The molecule has 0 saturated carbocycles. The van der Waals surface area contributed by atoms with Crippen molar-refractivity contribution in [3.63, 3.8) is 0 Å². The van der Waals surface area contributed by atoms with Crippen LogP contribution in [0, 0.1) is 21.8 Å². The molecule has 1 rings (SSSR count). The summed E-state index contributed by atoms with van der Waals surface area (Å²) >= 11 is 3.13. The third-order valence-corrected chi connectivity index (χ3v) is 3.17. The van der Waals surface area contributed by atoms with E-state index in [0.29, 0.717) is 10.0 Å². The highest BCUT2D eigenvalue weighted by Crippen LogP contribution is 2.38. The zero-order valence-electron chi connectivity index (χ0n) is 9.41. The fourth-order valence-corrected chi connectivity index (χ4v) is 2.18. The largest absolute Gasteiger partial charge is 0.393 e. The van der Waals surface area contributed by atoms with E-state index in [-0.39, 0.29) is 11.6 Å². The quantitative estimate of drug-likeness (QED) is 0.510. The molecule has 0 amide bonds. The zero-order chi connectivity index (χ0) is 13.3. The normalized spacial score (nSPS) is 12.8. The third-order valence-electron chi connectivity index (χ3n) is 2.52. The molecule has 0 radical (unpaired) electrons. The second-order valence-corrected chi connectivity index (χ2v) is 4.90. The van der Waals surface area contributed by atoms with E-state index >= 15 is 0 Å². The summed E-state index contributed by atoms with van der Waals surface area (Å²) in [4.78, 5) is 9.89. The molecule has 0 bridgehead atoms. The molecular formula is C10H13BrFN3O2. The van der Waals surface area contributed by atoms with Gasteiger partial charge in [-0.15, -0.1) is 0 Å². The average molecular weight is 306 g/mol. The summed E-state index contributed by atoms with van der Waals surface area (Å²) in [5, 5.41) is 10.7. The summed E-state index contributed by atoms with van der Waals surface area (Å²) in [6, 6.07) is 0.523. The van der Waals surface area contributed by atoms with E-state index in [1.54, 1.807) is 0 Å². The Balaban J connectivity index is 3.51. The Labute approximate surface area is 106 Å². The Morgan fingerprint density at radius 2 is 2.06 bits per heavy atom. The molecule has 4 N–H and O–H groups in total. The molecule has 0 aliphatic rings. The number of nitro groups is 1. The van der Waals surface area contributed by atoms with Crippen LogP contribution in [0.4, 0.5) is 15.8 Å². The first-order valence-corrected chi connectivity index (χ1v) is 5.74. The van der Waals surface area contributed by atoms with Crippen LogP contribution in [0.1, 0.15) is 25.5 Å². The second kappa shape index (κ2) is 4.97. The summed E-state index contributed by atoms with van der Waals surface area (Å²) in [5.41, 5.74) is 11.0. The van der Waals surface area contributed by atoms with Crippen LogP contribution >= 0.6 is 15.9 Å². The molecule has 0 spiro atoms. The molecule has 1 atom stereocenters. The number of benzene rings is 1. The predicted molar refractivity (Wildman–Crippen MR) is 66.9 cm³/mol. The highest BCUT2D eigenvalue weighted by Gasteiger charge is 2.27. The second-order valence-electron chi connectivity index (χ2n) is 4.04. The van der Waals surface area contributed by atoms with Gasteiger partial charge in [0.15, 0.2) is 0 Å². The molecule has 1 aromatic carbocycles. The molecular weight excluding hydrogens is 293 g/mol. The van der Waals surface area contributed by atoms with Gasteiger partial charge in [0.25, 0.3) is 0 Å².